The molecule has 2 aromatic carbocycles. The lowest BCUT2D eigenvalue weighted by Gasteiger charge is -2.18. The smallest absolute Gasteiger partial charge is 0.257 e. The molecule has 1 saturated heterocycles. The normalized spacial score (nSPS) is 13.6. The van der Waals surface area contributed by atoms with Crippen LogP contribution in [-0.4, -0.2) is 24.1 Å². The Labute approximate surface area is 155 Å². The number of carbonyl (C=O) groups excluding carboxylic acids is 1. The van der Waals surface area contributed by atoms with Crippen molar-refractivity contribution in [1.82, 2.24) is 5.32 Å². The van der Waals surface area contributed by atoms with E-state index >= 15 is 0 Å². The van der Waals surface area contributed by atoms with Gasteiger partial charge in [0.15, 0.2) is 5.11 Å². The summed E-state index contributed by atoms with van der Waals surface area (Å²) >= 11 is 8.57. The lowest BCUT2D eigenvalue weighted by atomic mass is 10.2. The van der Waals surface area contributed by atoms with Crippen LogP contribution >= 0.6 is 28.1 Å². The summed E-state index contributed by atoms with van der Waals surface area (Å²) in [4.78, 5) is 14.5. The first-order valence-electron chi connectivity index (χ1n) is 7.85. The fraction of sp³-hybridized carbons (Fsp3) is 0.222. The van der Waals surface area contributed by atoms with Crippen molar-refractivity contribution in [1.29, 1.82) is 0 Å². The third-order valence-electron chi connectivity index (χ3n) is 3.91. The Kier molecular flexibility index (Phi) is 5.48. The largest absolute Gasteiger partial charge is 0.372 e. The molecular formula is C18H18BrN3OS. The first-order chi connectivity index (χ1) is 11.6. The Morgan fingerprint density at radius 1 is 1.08 bits per heavy atom. The highest BCUT2D eigenvalue weighted by Gasteiger charge is 2.12. The van der Waals surface area contributed by atoms with Gasteiger partial charge in [0.25, 0.3) is 5.91 Å². The number of carbonyl (C=O) groups is 1. The van der Waals surface area contributed by atoms with E-state index in [0.29, 0.717) is 5.56 Å². The fourth-order valence-corrected chi connectivity index (χ4v) is 3.31. The van der Waals surface area contributed by atoms with Gasteiger partial charge < -0.3 is 10.2 Å². The molecule has 0 atom stereocenters. The maximum absolute atomic E-state index is 12.2. The van der Waals surface area contributed by atoms with Gasteiger partial charge in [-0.1, -0.05) is 22.0 Å². The third-order valence-corrected chi connectivity index (χ3v) is 4.61. The molecule has 6 heteroatoms. The Balaban J connectivity index is 1.57. The van der Waals surface area contributed by atoms with E-state index in [1.54, 1.807) is 12.1 Å². The number of amides is 1. The van der Waals surface area contributed by atoms with Gasteiger partial charge in [0.2, 0.25) is 0 Å². The molecule has 4 nitrogen and oxygen atoms in total. The average Bonchev–Trinajstić information content (AvgIpc) is 3.10. The third kappa shape index (κ3) is 4.33. The molecule has 2 aromatic rings. The van der Waals surface area contributed by atoms with Crippen LogP contribution in [0, 0.1) is 0 Å². The van der Waals surface area contributed by atoms with E-state index in [4.69, 9.17) is 12.2 Å². The molecule has 1 aliphatic heterocycles. The van der Waals surface area contributed by atoms with Crippen LogP contribution in [0.25, 0.3) is 0 Å². The number of nitrogens with one attached hydrogen (secondary N) is 2. The summed E-state index contributed by atoms with van der Waals surface area (Å²) in [6.07, 6.45) is 2.51. The molecule has 0 unspecified atom stereocenters. The maximum atomic E-state index is 12.2. The monoisotopic (exact) mass is 403 g/mol. The van der Waals surface area contributed by atoms with Crippen molar-refractivity contribution in [3.8, 4) is 0 Å². The van der Waals surface area contributed by atoms with Crippen LogP contribution in [0.3, 0.4) is 0 Å². The van der Waals surface area contributed by atoms with Crippen molar-refractivity contribution < 1.29 is 4.79 Å². The van der Waals surface area contributed by atoms with Gasteiger partial charge in [0, 0.05) is 34.5 Å². The zero-order chi connectivity index (χ0) is 16.9. The SMILES string of the molecule is O=C(NC(=S)Nc1ccc(N2CCCC2)cc1)c1cccc(Br)c1. The molecule has 24 heavy (non-hydrogen) atoms. The predicted octanol–water partition coefficient (Wildman–Crippen LogP) is 4.18. The lowest BCUT2D eigenvalue weighted by molar-refractivity contribution is 0.0977. The number of halogens is 1. The highest BCUT2D eigenvalue weighted by molar-refractivity contribution is 9.10. The number of anilines is 2. The molecule has 1 aliphatic rings. The van der Waals surface area contributed by atoms with Gasteiger partial charge >= 0.3 is 0 Å². The molecule has 124 valence electrons. The summed E-state index contributed by atoms with van der Waals surface area (Å²) in [6, 6.07) is 15.3. The molecule has 3 rings (SSSR count). The summed E-state index contributed by atoms with van der Waals surface area (Å²) in [7, 11) is 0. The van der Waals surface area contributed by atoms with E-state index in [9.17, 15) is 4.79 Å². The molecule has 0 saturated carbocycles. The molecule has 0 radical (unpaired) electrons. The highest BCUT2D eigenvalue weighted by atomic mass is 79.9. The van der Waals surface area contributed by atoms with Gasteiger partial charge in [0.05, 0.1) is 0 Å². The summed E-state index contributed by atoms with van der Waals surface area (Å²) in [5.41, 5.74) is 2.64. The number of hydrogen-bond donors (Lipinski definition) is 2. The molecule has 0 bridgehead atoms. The van der Waals surface area contributed by atoms with Crippen LogP contribution in [0.1, 0.15) is 23.2 Å². The van der Waals surface area contributed by atoms with Gasteiger partial charge in [0.1, 0.15) is 0 Å². The van der Waals surface area contributed by atoms with Crippen molar-refractivity contribution in [2.45, 2.75) is 12.8 Å². The molecule has 0 aromatic heterocycles. The van der Waals surface area contributed by atoms with Crippen molar-refractivity contribution in [3.63, 3.8) is 0 Å². The van der Waals surface area contributed by atoms with Gasteiger partial charge in [-0.2, -0.15) is 0 Å². The van der Waals surface area contributed by atoms with Crippen LogP contribution in [0.2, 0.25) is 0 Å². The average molecular weight is 404 g/mol. The maximum Gasteiger partial charge on any atom is 0.257 e. The number of thiocarbonyl (C=S) groups is 1. The van der Waals surface area contributed by atoms with Crippen LogP contribution in [0.15, 0.2) is 53.0 Å². The van der Waals surface area contributed by atoms with E-state index in [2.05, 4.69) is 43.6 Å². The minimum absolute atomic E-state index is 0.234. The van der Waals surface area contributed by atoms with Crippen LogP contribution in [-0.2, 0) is 0 Å². The Hall–Kier alpha value is -1.92. The zero-order valence-electron chi connectivity index (χ0n) is 13.1. The molecule has 1 heterocycles. The van der Waals surface area contributed by atoms with Gasteiger partial charge in [-0.3, -0.25) is 10.1 Å². The van der Waals surface area contributed by atoms with Crippen molar-refractivity contribution in [3.05, 3.63) is 58.6 Å². The topological polar surface area (TPSA) is 44.4 Å². The van der Waals surface area contributed by atoms with Crippen LogP contribution in [0.4, 0.5) is 11.4 Å². The fourth-order valence-electron chi connectivity index (χ4n) is 2.70. The van der Waals surface area contributed by atoms with Crippen molar-refractivity contribution >= 4 is 50.5 Å². The Bertz CT molecular complexity index is 742. The van der Waals surface area contributed by atoms with E-state index in [-0.39, 0.29) is 11.0 Å². The number of hydrogen-bond acceptors (Lipinski definition) is 3. The summed E-state index contributed by atoms with van der Waals surface area (Å²) < 4.78 is 0.853. The Morgan fingerprint density at radius 3 is 2.46 bits per heavy atom. The minimum Gasteiger partial charge on any atom is -0.372 e. The van der Waals surface area contributed by atoms with Gasteiger partial charge in [-0.25, -0.2) is 0 Å². The predicted molar refractivity (Wildman–Crippen MR) is 106 cm³/mol. The molecule has 0 spiro atoms. The summed E-state index contributed by atoms with van der Waals surface area (Å²) in [6.45, 7) is 2.24. The molecular weight excluding hydrogens is 386 g/mol. The standard InChI is InChI=1S/C18H18BrN3OS/c19-14-5-3-4-13(12-14)17(23)21-18(24)20-15-6-8-16(9-7-15)22-10-1-2-11-22/h3-9,12H,1-2,10-11H2,(H2,20,21,23,24). The van der Waals surface area contributed by atoms with Gasteiger partial charge in [-0.05, 0) is 67.5 Å². The first-order valence-corrected chi connectivity index (χ1v) is 9.05. The zero-order valence-corrected chi connectivity index (χ0v) is 15.5. The van der Waals surface area contributed by atoms with Crippen LogP contribution in [0.5, 0.6) is 0 Å². The molecule has 0 aliphatic carbocycles. The molecule has 1 fully saturated rings. The summed E-state index contributed by atoms with van der Waals surface area (Å²) in [5.74, 6) is -0.234. The van der Waals surface area contributed by atoms with Crippen molar-refractivity contribution in [2.75, 3.05) is 23.3 Å². The van der Waals surface area contributed by atoms with Crippen LogP contribution < -0.4 is 15.5 Å². The van der Waals surface area contributed by atoms with Crippen molar-refractivity contribution in [2.24, 2.45) is 0 Å². The second kappa shape index (κ2) is 7.77. The molecule has 1 amide bonds. The first kappa shape index (κ1) is 16.9. The lowest BCUT2D eigenvalue weighted by Crippen LogP contribution is -2.34. The Morgan fingerprint density at radius 2 is 1.79 bits per heavy atom. The minimum atomic E-state index is -0.234. The van der Waals surface area contributed by atoms with E-state index < -0.39 is 0 Å². The van der Waals surface area contributed by atoms with E-state index in [1.807, 2.05) is 24.3 Å². The number of rotatable bonds is 3. The summed E-state index contributed by atoms with van der Waals surface area (Å²) in [5, 5.41) is 6.02. The number of benzene rings is 2. The molecule has 2 N–H and O–H groups in total. The van der Waals surface area contributed by atoms with Gasteiger partial charge in [-0.15, -0.1) is 0 Å². The second-order valence-corrected chi connectivity index (χ2v) is 6.98. The quantitative estimate of drug-likeness (QED) is 0.754. The number of nitrogens with zero attached hydrogens (tertiary/aromatic N) is 1. The van der Waals surface area contributed by atoms with E-state index in [1.165, 1.54) is 18.5 Å². The van der Waals surface area contributed by atoms with E-state index in [0.717, 1.165) is 23.2 Å². The second-order valence-electron chi connectivity index (χ2n) is 5.66. The highest BCUT2D eigenvalue weighted by Crippen LogP contribution is 2.22.